The number of rotatable bonds is 9. The monoisotopic (exact) mass is 358 g/mol. The van der Waals surface area contributed by atoms with Crippen LogP contribution in [-0.2, 0) is 0 Å². The van der Waals surface area contributed by atoms with Gasteiger partial charge < -0.3 is 9.88 Å². The predicted molar refractivity (Wildman–Crippen MR) is 89.6 cm³/mol. The Kier molecular flexibility index (Phi) is 6.49. The van der Waals surface area contributed by atoms with Crippen LogP contribution in [0.25, 0.3) is 0 Å². The lowest BCUT2D eigenvalue weighted by atomic mass is 10.2. The number of halogens is 1. The molecular formula is C15H23BrN2OS. The molecule has 1 N–H and O–H groups in total. The second-order valence-corrected chi connectivity index (χ2v) is 7.25. The van der Waals surface area contributed by atoms with Crippen molar-refractivity contribution in [1.82, 2.24) is 9.88 Å². The van der Waals surface area contributed by atoms with Crippen molar-refractivity contribution in [2.24, 2.45) is 0 Å². The summed E-state index contributed by atoms with van der Waals surface area (Å²) in [5.74, 6) is 1.31. The molecule has 0 radical (unpaired) electrons. The third-order valence-electron chi connectivity index (χ3n) is 3.55. The van der Waals surface area contributed by atoms with Crippen molar-refractivity contribution in [1.29, 1.82) is 0 Å². The lowest BCUT2D eigenvalue weighted by Gasteiger charge is -2.08. The molecule has 1 heterocycles. The van der Waals surface area contributed by atoms with E-state index in [1.54, 1.807) is 0 Å². The molecule has 1 aromatic heterocycles. The van der Waals surface area contributed by atoms with Gasteiger partial charge in [0, 0.05) is 23.3 Å². The van der Waals surface area contributed by atoms with Crippen molar-refractivity contribution in [2.75, 3.05) is 18.6 Å². The first kappa shape index (κ1) is 16.0. The van der Waals surface area contributed by atoms with Crippen LogP contribution in [0.2, 0.25) is 0 Å². The third-order valence-corrected chi connectivity index (χ3v) is 4.68. The van der Waals surface area contributed by atoms with E-state index in [0.717, 1.165) is 23.1 Å². The van der Waals surface area contributed by atoms with Gasteiger partial charge in [0.25, 0.3) is 5.91 Å². The molecule has 1 aliphatic carbocycles. The zero-order chi connectivity index (χ0) is 14.4. The standard InChI is InChI=1S/C15H23BrN2OS/c1-20-9-5-3-2-4-8-17-15(19)14-10-12(16)11-18(14)13-6-7-13/h10-11,13H,2-9H2,1H3,(H,17,19). The van der Waals surface area contributed by atoms with Gasteiger partial charge in [-0.2, -0.15) is 11.8 Å². The third kappa shape index (κ3) is 4.85. The van der Waals surface area contributed by atoms with Gasteiger partial charge in [-0.1, -0.05) is 12.8 Å². The minimum absolute atomic E-state index is 0.0618. The van der Waals surface area contributed by atoms with Crippen LogP contribution in [0.4, 0.5) is 0 Å². The van der Waals surface area contributed by atoms with Crippen LogP contribution in [0.3, 0.4) is 0 Å². The molecule has 1 saturated carbocycles. The highest BCUT2D eigenvalue weighted by molar-refractivity contribution is 9.10. The summed E-state index contributed by atoms with van der Waals surface area (Å²) < 4.78 is 3.10. The molecule has 1 aromatic rings. The molecule has 0 aromatic carbocycles. The number of amides is 1. The fourth-order valence-electron chi connectivity index (χ4n) is 2.30. The van der Waals surface area contributed by atoms with Crippen LogP contribution in [0, 0.1) is 0 Å². The number of aromatic nitrogens is 1. The average Bonchev–Trinajstić information content (AvgIpc) is 3.20. The van der Waals surface area contributed by atoms with Gasteiger partial charge in [-0.3, -0.25) is 4.79 Å². The first-order valence-electron chi connectivity index (χ1n) is 7.37. The molecule has 0 unspecified atom stereocenters. The topological polar surface area (TPSA) is 34.0 Å². The van der Waals surface area contributed by atoms with Gasteiger partial charge in [-0.05, 0) is 59.7 Å². The second-order valence-electron chi connectivity index (χ2n) is 5.34. The Morgan fingerprint density at radius 2 is 2.15 bits per heavy atom. The molecule has 20 heavy (non-hydrogen) atoms. The Morgan fingerprint density at radius 1 is 1.40 bits per heavy atom. The molecule has 1 aliphatic rings. The molecule has 0 bridgehead atoms. The van der Waals surface area contributed by atoms with Crippen molar-refractivity contribution in [3.05, 3.63) is 22.4 Å². The van der Waals surface area contributed by atoms with Crippen LogP contribution in [0.1, 0.15) is 55.1 Å². The first-order chi connectivity index (χ1) is 9.72. The first-order valence-corrected chi connectivity index (χ1v) is 9.55. The summed E-state index contributed by atoms with van der Waals surface area (Å²) in [6.45, 7) is 0.783. The summed E-state index contributed by atoms with van der Waals surface area (Å²) in [5, 5.41) is 3.04. The maximum atomic E-state index is 12.2. The van der Waals surface area contributed by atoms with E-state index in [1.807, 2.05) is 24.0 Å². The molecule has 3 nitrogen and oxygen atoms in total. The fourth-order valence-corrected chi connectivity index (χ4v) is 3.23. The van der Waals surface area contributed by atoms with Crippen LogP contribution >= 0.6 is 27.7 Å². The van der Waals surface area contributed by atoms with Gasteiger partial charge >= 0.3 is 0 Å². The van der Waals surface area contributed by atoms with E-state index in [1.165, 1.54) is 37.9 Å². The number of hydrogen-bond donors (Lipinski definition) is 1. The molecule has 1 amide bonds. The van der Waals surface area contributed by atoms with E-state index >= 15 is 0 Å². The molecule has 1 fully saturated rings. The van der Waals surface area contributed by atoms with Crippen LogP contribution in [0.5, 0.6) is 0 Å². The maximum absolute atomic E-state index is 12.2. The van der Waals surface area contributed by atoms with Gasteiger partial charge in [0.1, 0.15) is 5.69 Å². The average molecular weight is 359 g/mol. The van der Waals surface area contributed by atoms with Crippen molar-refractivity contribution in [3.63, 3.8) is 0 Å². The minimum atomic E-state index is 0.0618. The smallest absolute Gasteiger partial charge is 0.267 e. The number of carbonyl (C=O) groups is 1. The van der Waals surface area contributed by atoms with Crippen LogP contribution < -0.4 is 5.32 Å². The zero-order valence-corrected chi connectivity index (χ0v) is 14.4. The summed E-state index contributed by atoms with van der Waals surface area (Å²) in [4.78, 5) is 12.2. The molecule has 0 atom stereocenters. The highest BCUT2D eigenvalue weighted by Gasteiger charge is 2.27. The van der Waals surface area contributed by atoms with Gasteiger partial charge in [0.05, 0.1) is 0 Å². The normalized spacial score (nSPS) is 14.5. The van der Waals surface area contributed by atoms with Crippen molar-refractivity contribution in [2.45, 2.75) is 44.6 Å². The Balaban J connectivity index is 1.69. The van der Waals surface area contributed by atoms with Gasteiger partial charge in [0.2, 0.25) is 0 Å². The zero-order valence-electron chi connectivity index (χ0n) is 12.0. The lowest BCUT2D eigenvalue weighted by molar-refractivity contribution is 0.0943. The molecular weight excluding hydrogens is 336 g/mol. The molecule has 0 aliphatic heterocycles. The van der Waals surface area contributed by atoms with E-state index in [0.29, 0.717) is 6.04 Å². The van der Waals surface area contributed by atoms with E-state index < -0.39 is 0 Å². The number of nitrogens with one attached hydrogen (secondary N) is 1. The van der Waals surface area contributed by atoms with E-state index in [2.05, 4.69) is 32.1 Å². The largest absolute Gasteiger partial charge is 0.351 e. The SMILES string of the molecule is CSCCCCCCNC(=O)c1cc(Br)cn1C1CC1. The summed E-state index contributed by atoms with van der Waals surface area (Å²) in [5.41, 5.74) is 0.793. The summed E-state index contributed by atoms with van der Waals surface area (Å²) in [6, 6.07) is 2.46. The van der Waals surface area contributed by atoms with E-state index in [9.17, 15) is 4.79 Å². The number of hydrogen-bond acceptors (Lipinski definition) is 2. The quantitative estimate of drug-likeness (QED) is 0.669. The van der Waals surface area contributed by atoms with Gasteiger partial charge in [0.15, 0.2) is 0 Å². The van der Waals surface area contributed by atoms with E-state index in [4.69, 9.17) is 0 Å². The van der Waals surface area contributed by atoms with Crippen LogP contribution in [-0.4, -0.2) is 29.0 Å². The molecule has 5 heteroatoms. The molecule has 0 spiro atoms. The predicted octanol–water partition coefficient (Wildman–Crippen LogP) is 4.24. The van der Waals surface area contributed by atoms with E-state index in [-0.39, 0.29) is 5.91 Å². The Hall–Kier alpha value is -0.420. The van der Waals surface area contributed by atoms with Crippen molar-refractivity contribution < 1.29 is 4.79 Å². The van der Waals surface area contributed by atoms with Crippen molar-refractivity contribution >= 4 is 33.6 Å². The Labute approximate surface area is 134 Å². The molecule has 0 saturated heterocycles. The van der Waals surface area contributed by atoms with Crippen LogP contribution in [0.15, 0.2) is 16.7 Å². The Morgan fingerprint density at radius 3 is 2.85 bits per heavy atom. The lowest BCUT2D eigenvalue weighted by Crippen LogP contribution is -2.26. The molecule has 112 valence electrons. The Bertz CT molecular complexity index is 443. The maximum Gasteiger partial charge on any atom is 0.267 e. The fraction of sp³-hybridized carbons (Fsp3) is 0.667. The highest BCUT2D eigenvalue weighted by Crippen LogP contribution is 2.37. The number of carbonyl (C=O) groups excluding carboxylic acids is 1. The number of unbranched alkanes of at least 4 members (excludes halogenated alkanes) is 3. The summed E-state index contributed by atoms with van der Waals surface area (Å²) >= 11 is 5.36. The highest BCUT2D eigenvalue weighted by atomic mass is 79.9. The number of thioether (sulfide) groups is 1. The van der Waals surface area contributed by atoms with Gasteiger partial charge in [-0.15, -0.1) is 0 Å². The summed E-state index contributed by atoms with van der Waals surface area (Å²) in [6.07, 6.45) is 11.4. The minimum Gasteiger partial charge on any atom is -0.351 e. The van der Waals surface area contributed by atoms with Crippen molar-refractivity contribution in [3.8, 4) is 0 Å². The van der Waals surface area contributed by atoms with Gasteiger partial charge in [-0.25, -0.2) is 0 Å². The summed E-state index contributed by atoms with van der Waals surface area (Å²) in [7, 11) is 0. The number of nitrogens with zero attached hydrogens (tertiary/aromatic N) is 1. The second kappa shape index (κ2) is 8.13. The molecule has 2 rings (SSSR count).